The summed E-state index contributed by atoms with van der Waals surface area (Å²) in [5, 5.41) is 12.7. The molecule has 2 fully saturated rings. The van der Waals surface area contributed by atoms with Gasteiger partial charge in [-0.2, -0.15) is 0 Å². The number of hydrogen-bond acceptors (Lipinski definition) is 6. The summed E-state index contributed by atoms with van der Waals surface area (Å²) >= 11 is 1.77. The van der Waals surface area contributed by atoms with Crippen molar-refractivity contribution in [2.45, 2.75) is 52.1 Å². The smallest absolute Gasteiger partial charge is 0.225 e. The SMILES string of the molecule is C[C@H](C(=O)N1CCOCC1)[C@H]1CC[C@@]2(C)Cc3sc(-c4cccnc4)nc3[C@@H](C)[C@@H]2[C@H]1O. The van der Waals surface area contributed by atoms with Crippen LogP contribution in [0.15, 0.2) is 24.5 Å². The van der Waals surface area contributed by atoms with E-state index in [0.717, 1.165) is 35.5 Å². The van der Waals surface area contributed by atoms with E-state index in [4.69, 9.17) is 9.72 Å². The normalized spacial score (nSPS) is 33.3. The Morgan fingerprint density at radius 1 is 1.38 bits per heavy atom. The lowest BCUT2D eigenvalue weighted by molar-refractivity contribution is -0.148. The largest absolute Gasteiger partial charge is 0.392 e. The summed E-state index contributed by atoms with van der Waals surface area (Å²) in [5.41, 5.74) is 2.21. The molecule has 3 heterocycles. The number of rotatable bonds is 3. The van der Waals surface area contributed by atoms with E-state index >= 15 is 0 Å². The Morgan fingerprint density at radius 3 is 2.88 bits per heavy atom. The van der Waals surface area contributed by atoms with Crippen LogP contribution in [-0.2, 0) is 16.0 Å². The molecule has 1 saturated carbocycles. The van der Waals surface area contributed by atoms with Gasteiger partial charge in [0.25, 0.3) is 0 Å². The van der Waals surface area contributed by atoms with E-state index in [-0.39, 0.29) is 35.0 Å². The van der Waals surface area contributed by atoms with E-state index in [1.54, 1.807) is 17.5 Å². The van der Waals surface area contributed by atoms with Crippen molar-refractivity contribution in [3.8, 4) is 10.6 Å². The van der Waals surface area contributed by atoms with Crippen LogP contribution < -0.4 is 0 Å². The average Bonchev–Trinajstić information content (AvgIpc) is 3.23. The molecule has 6 nitrogen and oxygen atoms in total. The fourth-order valence-electron chi connectivity index (χ4n) is 6.41. The molecule has 2 aromatic rings. The summed E-state index contributed by atoms with van der Waals surface area (Å²) in [4.78, 5) is 25.7. The minimum absolute atomic E-state index is 0.0103. The number of carbonyl (C=O) groups excluding carboxylic acids is 1. The first-order valence-corrected chi connectivity index (χ1v) is 12.7. The quantitative estimate of drug-likeness (QED) is 0.763. The minimum atomic E-state index is -0.500. The maximum atomic E-state index is 13.2. The maximum Gasteiger partial charge on any atom is 0.225 e. The number of hydrogen-bond donors (Lipinski definition) is 1. The number of nitrogens with zero attached hydrogens (tertiary/aromatic N) is 3. The summed E-state index contributed by atoms with van der Waals surface area (Å²) in [7, 11) is 0. The molecule has 0 unspecified atom stereocenters. The molecule has 6 atom stereocenters. The molecule has 1 amide bonds. The lowest BCUT2D eigenvalue weighted by Gasteiger charge is -2.53. The monoisotopic (exact) mass is 455 g/mol. The van der Waals surface area contributed by atoms with Crippen LogP contribution in [0, 0.1) is 23.2 Å². The Labute approximate surface area is 194 Å². The van der Waals surface area contributed by atoms with Crippen LogP contribution in [0.4, 0.5) is 0 Å². The van der Waals surface area contributed by atoms with E-state index in [0.29, 0.717) is 26.3 Å². The molecule has 0 spiro atoms. The number of aliphatic hydroxyl groups is 1. The number of amides is 1. The van der Waals surface area contributed by atoms with Gasteiger partial charge >= 0.3 is 0 Å². The Hall–Kier alpha value is -1.83. The van der Waals surface area contributed by atoms with Gasteiger partial charge in [-0.15, -0.1) is 11.3 Å². The van der Waals surface area contributed by atoms with Gasteiger partial charge in [-0.1, -0.05) is 20.8 Å². The fraction of sp³-hybridized carbons (Fsp3) is 0.640. The van der Waals surface area contributed by atoms with Crippen molar-refractivity contribution in [1.82, 2.24) is 14.9 Å². The molecule has 0 radical (unpaired) electrons. The molecule has 0 aromatic carbocycles. The van der Waals surface area contributed by atoms with Crippen molar-refractivity contribution >= 4 is 17.2 Å². The predicted molar refractivity (Wildman–Crippen MR) is 124 cm³/mol. The van der Waals surface area contributed by atoms with Gasteiger partial charge in [0.05, 0.1) is 25.0 Å². The van der Waals surface area contributed by atoms with Gasteiger partial charge < -0.3 is 14.7 Å². The van der Waals surface area contributed by atoms with Gasteiger partial charge in [-0.3, -0.25) is 9.78 Å². The first-order valence-electron chi connectivity index (χ1n) is 11.8. The van der Waals surface area contributed by atoms with Crippen molar-refractivity contribution in [2.75, 3.05) is 26.3 Å². The lowest BCUT2D eigenvalue weighted by Crippen LogP contribution is -2.54. The Morgan fingerprint density at radius 2 is 2.16 bits per heavy atom. The molecule has 172 valence electrons. The molecule has 2 aromatic heterocycles. The molecule has 1 N–H and O–H groups in total. The number of aliphatic hydroxyl groups excluding tert-OH is 1. The zero-order valence-electron chi connectivity index (χ0n) is 19.2. The van der Waals surface area contributed by atoms with Crippen LogP contribution in [0.25, 0.3) is 10.6 Å². The minimum Gasteiger partial charge on any atom is -0.392 e. The van der Waals surface area contributed by atoms with E-state index in [1.807, 2.05) is 24.1 Å². The first kappa shape index (κ1) is 22.0. The molecule has 2 aliphatic carbocycles. The zero-order chi connectivity index (χ0) is 22.5. The van der Waals surface area contributed by atoms with Crippen molar-refractivity contribution in [3.63, 3.8) is 0 Å². The van der Waals surface area contributed by atoms with Gasteiger partial charge in [0.2, 0.25) is 5.91 Å². The summed E-state index contributed by atoms with van der Waals surface area (Å²) < 4.78 is 5.41. The summed E-state index contributed by atoms with van der Waals surface area (Å²) in [6.07, 6.45) is 6.02. The zero-order valence-corrected chi connectivity index (χ0v) is 20.0. The Bertz CT molecular complexity index is 974. The number of ether oxygens (including phenoxy) is 1. The lowest BCUT2D eigenvalue weighted by atomic mass is 9.53. The average molecular weight is 456 g/mol. The second-order valence-corrected chi connectivity index (χ2v) is 11.2. The number of pyridine rings is 1. The van der Waals surface area contributed by atoms with Crippen LogP contribution in [0.3, 0.4) is 0 Å². The van der Waals surface area contributed by atoms with Crippen molar-refractivity contribution < 1.29 is 14.6 Å². The fourth-order valence-corrected chi connectivity index (χ4v) is 7.77. The highest BCUT2D eigenvalue weighted by atomic mass is 32.1. The highest BCUT2D eigenvalue weighted by Crippen LogP contribution is 2.57. The molecule has 1 aliphatic heterocycles. The van der Waals surface area contributed by atoms with E-state index < -0.39 is 6.10 Å². The molecule has 1 saturated heterocycles. The number of fused-ring (bicyclic) bond motifs is 2. The Kier molecular flexibility index (Phi) is 5.84. The molecule has 32 heavy (non-hydrogen) atoms. The van der Waals surface area contributed by atoms with E-state index in [1.165, 1.54) is 4.88 Å². The van der Waals surface area contributed by atoms with Crippen LogP contribution >= 0.6 is 11.3 Å². The molecule has 5 rings (SSSR count). The standard InChI is InChI=1S/C25H33N3O3S/c1-15(24(30)28-9-11-31-12-10-28)18-6-7-25(3)13-19-21(16(2)20(25)22(18)29)27-23(32-19)17-5-4-8-26-14-17/h4-5,8,14-16,18,20,22,29H,6-7,9-13H2,1-3H3/t15-,16-,18+,20+,22-,25-/m0/s1. The van der Waals surface area contributed by atoms with Gasteiger partial charge in [-0.25, -0.2) is 4.98 Å². The third kappa shape index (κ3) is 3.68. The van der Waals surface area contributed by atoms with Crippen molar-refractivity contribution in [2.24, 2.45) is 23.2 Å². The van der Waals surface area contributed by atoms with Crippen LogP contribution in [0.2, 0.25) is 0 Å². The topological polar surface area (TPSA) is 75.6 Å². The molecule has 0 bridgehead atoms. The molecule has 7 heteroatoms. The highest BCUT2D eigenvalue weighted by molar-refractivity contribution is 7.15. The number of morpholine rings is 1. The highest BCUT2D eigenvalue weighted by Gasteiger charge is 2.54. The second-order valence-electron chi connectivity index (χ2n) is 10.1. The van der Waals surface area contributed by atoms with Crippen LogP contribution in [0.1, 0.15) is 50.1 Å². The van der Waals surface area contributed by atoms with Gasteiger partial charge in [0.15, 0.2) is 0 Å². The van der Waals surface area contributed by atoms with Gasteiger partial charge in [0.1, 0.15) is 5.01 Å². The van der Waals surface area contributed by atoms with E-state index in [9.17, 15) is 9.90 Å². The number of thiazole rings is 1. The second kappa shape index (κ2) is 8.50. The third-order valence-corrected chi connectivity index (χ3v) is 9.31. The molecule has 3 aliphatic rings. The number of carbonyl (C=O) groups is 1. The predicted octanol–water partition coefficient (Wildman–Crippen LogP) is 3.75. The summed E-state index contributed by atoms with van der Waals surface area (Å²) in [5.74, 6) is 0.246. The van der Waals surface area contributed by atoms with E-state index in [2.05, 4.69) is 24.9 Å². The molecular weight excluding hydrogens is 422 g/mol. The van der Waals surface area contributed by atoms with Gasteiger partial charge in [0, 0.05) is 47.8 Å². The van der Waals surface area contributed by atoms with Crippen molar-refractivity contribution in [3.05, 3.63) is 35.1 Å². The van der Waals surface area contributed by atoms with Crippen molar-refractivity contribution in [1.29, 1.82) is 0 Å². The summed E-state index contributed by atoms with van der Waals surface area (Å²) in [6, 6.07) is 4.00. The number of aromatic nitrogens is 2. The van der Waals surface area contributed by atoms with Gasteiger partial charge in [-0.05, 0) is 48.6 Å². The molecular formula is C25H33N3O3S. The maximum absolute atomic E-state index is 13.2. The first-order chi connectivity index (χ1) is 15.4. The third-order valence-electron chi connectivity index (χ3n) is 8.19. The van der Waals surface area contributed by atoms with Crippen LogP contribution in [0.5, 0.6) is 0 Å². The van der Waals surface area contributed by atoms with Crippen LogP contribution in [-0.4, -0.2) is 58.3 Å². The Balaban J connectivity index is 1.40. The summed E-state index contributed by atoms with van der Waals surface area (Å²) in [6.45, 7) is 9.08.